The van der Waals surface area contributed by atoms with E-state index in [9.17, 15) is 24.0 Å². The minimum absolute atomic E-state index is 0.0946. The lowest BCUT2D eigenvalue weighted by Gasteiger charge is -2.23. The average molecular weight is 1050 g/mol. The van der Waals surface area contributed by atoms with Crippen molar-refractivity contribution in [1.29, 1.82) is 0 Å². The second-order valence-electron chi connectivity index (χ2n) is 12.3. The number of fused-ring (bicyclic) bond motifs is 1. The van der Waals surface area contributed by atoms with Crippen molar-refractivity contribution in [3.8, 4) is 5.88 Å². The molecule has 0 aromatic carbocycles. The Balaban J connectivity index is 0.00000460. The summed E-state index contributed by atoms with van der Waals surface area (Å²) in [5, 5.41) is 0. The van der Waals surface area contributed by atoms with Crippen LogP contribution < -0.4 is 8.05 Å². The quantitative estimate of drug-likeness (QED) is 0.00733. The lowest BCUT2D eigenvalue weighted by molar-refractivity contribution is -0.154. The molecule has 2 aromatic heterocycles. The van der Waals surface area contributed by atoms with Gasteiger partial charge in [0, 0.05) is 20.3 Å². The van der Waals surface area contributed by atoms with Crippen molar-refractivity contribution < 1.29 is 84.5 Å². The maximum atomic E-state index is 12.8. The SMILES string of the molecule is COC(C)C.COC(COP(OCOC(=O)OC(C)C)C(=O)C(=O)OC(C)C)CC(C)n1cnc2c(OP(OCOC=O)OCOC(=O)OC(C)C)nc(NI)nc21.SS. The van der Waals surface area contributed by atoms with Crippen molar-refractivity contribution in [1.82, 2.24) is 19.5 Å². The Morgan fingerprint density at radius 3 is 1.85 bits per heavy atom. The number of rotatable bonds is 26. The topological polar surface area (TPSA) is 261 Å². The van der Waals surface area contributed by atoms with Gasteiger partial charge in [-0.3, -0.25) is 26.7 Å². The summed E-state index contributed by atoms with van der Waals surface area (Å²) in [4.78, 5) is 72.5. The maximum absolute atomic E-state index is 12.8. The first-order valence-electron chi connectivity index (χ1n) is 17.6. The third-order valence-corrected chi connectivity index (χ3v) is 8.89. The van der Waals surface area contributed by atoms with Gasteiger partial charge in [-0.2, -0.15) is 9.97 Å². The van der Waals surface area contributed by atoms with Crippen LogP contribution in [0.2, 0.25) is 0 Å². The molecule has 23 nitrogen and oxygen atoms in total. The number of hydrogen-bond donors (Lipinski definition) is 3. The summed E-state index contributed by atoms with van der Waals surface area (Å²) in [7, 11) is -1.85. The molecule has 28 heteroatoms. The van der Waals surface area contributed by atoms with E-state index in [4.69, 9.17) is 55.8 Å². The van der Waals surface area contributed by atoms with Crippen LogP contribution in [0.4, 0.5) is 15.5 Å². The van der Waals surface area contributed by atoms with E-state index in [0.717, 1.165) is 0 Å². The van der Waals surface area contributed by atoms with Gasteiger partial charge in [0.1, 0.15) is 0 Å². The predicted molar refractivity (Wildman–Crippen MR) is 230 cm³/mol. The van der Waals surface area contributed by atoms with Gasteiger partial charge in [-0.25, -0.2) is 19.4 Å². The Kier molecular flexibility index (Phi) is 31.5. The summed E-state index contributed by atoms with van der Waals surface area (Å²) >= 11 is 8.26. The number of esters is 1. The largest absolute Gasteiger partial charge is 0.510 e. The van der Waals surface area contributed by atoms with E-state index in [0.29, 0.717) is 11.8 Å². The highest BCUT2D eigenvalue weighted by Gasteiger charge is 2.33. The second-order valence-corrected chi connectivity index (χ2v) is 15.4. The average Bonchev–Trinajstić information content (AvgIpc) is 3.63. The third-order valence-electron chi connectivity index (χ3n) is 6.22. The minimum atomic E-state index is -2.59. The fourth-order valence-electron chi connectivity index (χ4n) is 3.64. The van der Waals surface area contributed by atoms with Crippen molar-refractivity contribution in [3.05, 3.63) is 6.33 Å². The van der Waals surface area contributed by atoms with E-state index >= 15 is 0 Å². The molecule has 344 valence electrons. The highest BCUT2D eigenvalue weighted by Crippen LogP contribution is 2.43. The molecule has 4 atom stereocenters. The number of nitrogens with zero attached hydrogens (tertiary/aromatic N) is 4. The first-order valence-corrected chi connectivity index (χ1v) is 22.5. The Labute approximate surface area is 375 Å². The van der Waals surface area contributed by atoms with Crippen molar-refractivity contribution in [2.75, 3.05) is 44.7 Å². The molecule has 0 saturated carbocycles. The summed E-state index contributed by atoms with van der Waals surface area (Å²) in [6, 6.07) is -0.392. The third kappa shape index (κ3) is 24.1. The number of carbonyl (C=O) groups is 5. The summed E-state index contributed by atoms with van der Waals surface area (Å²) < 4.78 is 71.4. The maximum Gasteiger partial charge on any atom is 0.510 e. The Hall–Kier alpha value is -2.65. The van der Waals surface area contributed by atoms with Crippen molar-refractivity contribution in [2.24, 2.45) is 0 Å². The fraction of sp³-hybridized carbons (Fsp3) is 0.688. The number of hydrogen-bond acceptors (Lipinski definition) is 24. The summed E-state index contributed by atoms with van der Waals surface area (Å²) in [6.45, 7) is 13.5. The number of aromatic nitrogens is 4. The van der Waals surface area contributed by atoms with Crippen LogP contribution in [0, 0.1) is 0 Å². The molecule has 2 aromatic rings. The first kappa shape index (κ1) is 57.3. The number of thiol groups is 2. The molecule has 0 amide bonds. The molecule has 0 spiro atoms. The smallest absolute Gasteiger partial charge is 0.457 e. The summed E-state index contributed by atoms with van der Waals surface area (Å²) in [5.41, 5.74) is -0.625. The first-order chi connectivity index (χ1) is 28.4. The highest BCUT2D eigenvalue weighted by atomic mass is 127. The van der Waals surface area contributed by atoms with Crippen LogP contribution >= 0.6 is 63.2 Å². The van der Waals surface area contributed by atoms with Gasteiger partial charge in [0.15, 0.2) is 11.2 Å². The van der Waals surface area contributed by atoms with Gasteiger partial charge in [0.05, 0.1) is 66.3 Å². The standard InChI is InChI=1S/C28H42IN5O17P2.C4H10O.H2S2/c1-16(2)48-24(36)25(37)52(45-14-42-27(38)49-17(3)4)44-10-20(40-8)9-19(7)34-11-30-21-22(34)31-26(33-29)32-23(21)51-53(46-13-41-12-35)47-15-43-28(39)50-18(5)6;1-4(2)5-3;1-2/h11-12,16-20H,9-10,13-15H2,1-8H3,(H,31,32,33);4H,1-3H3;1-2H. The van der Waals surface area contributed by atoms with Gasteiger partial charge in [-0.15, -0.1) is 23.3 Å². The minimum Gasteiger partial charge on any atom is -0.457 e. The number of anilines is 1. The normalized spacial score (nSPS) is 12.9. The van der Waals surface area contributed by atoms with Gasteiger partial charge in [-0.05, 0) is 68.7 Å². The van der Waals surface area contributed by atoms with E-state index < -0.39 is 91.6 Å². The van der Waals surface area contributed by atoms with E-state index in [1.165, 1.54) is 13.4 Å². The molecule has 2 rings (SSSR count). The van der Waals surface area contributed by atoms with Gasteiger partial charge in [-0.1, -0.05) is 0 Å². The van der Waals surface area contributed by atoms with Crippen molar-refractivity contribution in [2.45, 2.75) is 105 Å². The molecule has 0 aliphatic carbocycles. The van der Waals surface area contributed by atoms with Crippen LogP contribution in [0.3, 0.4) is 0 Å². The van der Waals surface area contributed by atoms with Crippen molar-refractivity contribution >= 4 is 111 Å². The number of nitrogens with one attached hydrogen (secondary N) is 1. The van der Waals surface area contributed by atoms with E-state index in [1.54, 1.807) is 53.2 Å². The zero-order valence-electron chi connectivity index (χ0n) is 35.0. The number of ether oxygens (including phenoxy) is 8. The van der Waals surface area contributed by atoms with E-state index in [2.05, 4.69) is 46.5 Å². The van der Waals surface area contributed by atoms with Gasteiger partial charge in [0.2, 0.25) is 26.3 Å². The molecule has 0 aliphatic heterocycles. The molecule has 0 bridgehead atoms. The summed E-state index contributed by atoms with van der Waals surface area (Å²) in [5.74, 6) is -1.17. The lowest BCUT2D eigenvalue weighted by atomic mass is 10.1. The van der Waals surface area contributed by atoms with Crippen LogP contribution in [-0.4, -0.2) is 122 Å². The zero-order chi connectivity index (χ0) is 45.8. The molecule has 0 saturated heterocycles. The Morgan fingerprint density at radius 2 is 1.35 bits per heavy atom. The van der Waals surface area contributed by atoms with Crippen molar-refractivity contribution in [3.63, 3.8) is 0 Å². The van der Waals surface area contributed by atoms with Crippen LogP contribution in [0.5, 0.6) is 5.88 Å². The van der Waals surface area contributed by atoms with Crippen LogP contribution in [0.1, 0.15) is 74.8 Å². The monoisotopic (exact) mass is 1050 g/mol. The second kappa shape index (κ2) is 33.0. The molecule has 0 fully saturated rings. The molecular weight excluding hydrogens is 995 g/mol. The summed E-state index contributed by atoms with van der Waals surface area (Å²) in [6.07, 6.45) is -2.07. The molecule has 4 unspecified atom stereocenters. The zero-order valence-corrected chi connectivity index (χ0v) is 40.7. The van der Waals surface area contributed by atoms with Crippen LogP contribution in [0.25, 0.3) is 11.2 Å². The Morgan fingerprint density at radius 1 is 0.800 bits per heavy atom. The Bertz CT molecular complexity index is 1570. The predicted octanol–water partition coefficient (Wildman–Crippen LogP) is 6.99. The molecule has 1 N–H and O–H groups in total. The number of imidazole rings is 1. The molecule has 2 heterocycles. The number of halogens is 1. The number of carbonyl (C=O) groups excluding carboxylic acids is 5. The van der Waals surface area contributed by atoms with Gasteiger partial charge >= 0.3 is 32.4 Å². The highest BCUT2D eigenvalue weighted by molar-refractivity contribution is 14.1. The fourth-order valence-corrected chi connectivity index (χ4v) is 5.58. The molecular formula is C32H54IN5O18P2S2. The van der Waals surface area contributed by atoms with Crippen LogP contribution in [0.15, 0.2) is 6.33 Å². The lowest BCUT2D eigenvalue weighted by Crippen LogP contribution is -2.25. The van der Waals surface area contributed by atoms with Gasteiger partial charge < -0.3 is 51.5 Å². The molecule has 60 heavy (non-hydrogen) atoms. The van der Waals surface area contributed by atoms with Gasteiger partial charge in [0.25, 0.3) is 20.7 Å². The van der Waals surface area contributed by atoms with Crippen LogP contribution in [-0.2, 0) is 70.4 Å². The van der Waals surface area contributed by atoms with E-state index in [1.807, 2.05) is 43.6 Å². The molecule has 0 aliphatic rings. The molecule has 0 radical (unpaired) electrons. The van der Waals surface area contributed by atoms with E-state index in [-0.39, 0.29) is 36.8 Å². The number of methoxy groups -OCH3 is 2.